The minimum atomic E-state index is -2.70. The van der Waals surface area contributed by atoms with Gasteiger partial charge in [0, 0.05) is 0 Å². The average molecular weight is 255 g/mol. The van der Waals surface area contributed by atoms with E-state index in [-0.39, 0.29) is 14.5 Å². The van der Waals surface area contributed by atoms with Gasteiger partial charge >= 0.3 is 6.03 Å². The third-order valence-electron chi connectivity index (χ3n) is 1.25. The summed E-state index contributed by atoms with van der Waals surface area (Å²) in [6, 6.07) is -1.22. The molecular weight excluding hydrogens is 250 g/mol. The van der Waals surface area contributed by atoms with E-state index < -0.39 is 23.2 Å². The number of nitrogens with two attached hydrogens (primary N) is 1. The summed E-state index contributed by atoms with van der Waals surface area (Å²) < 4.78 is 19.6. The zero-order chi connectivity index (χ0) is 10.9. The molecule has 1 unspecified atom stereocenters. The molecule has 0 bridgehead atoms. The van der Waals surface area contributed by atoms with Gasteiger partial charge < -0.3 is 5.73 Å². The van der Waals surface area contributed by atoms with Crippen LogP contribution in [0.5, 0.6) is 0 Å². The second-order valence-electron chi connectivity index (χ2n) is 2.10. The summed E-state index contributed by atoms with van der Waals surface area (Å²) >= 11 is 2.99. The number of urea groups is 1. The van der Waals surface area contributed by atoms with Gasteiger partial charge in [0.15, 0.2) is 4.32 Å². The highest BCUT2D eigenvalue weighted by Gasteiger charge is 2.37. The van der Waals surface area contributed by atoms with E-state index >= 15 is 0 Å². The molecule has 0 spiro atoms. The van der Waals surface area contributed by atoms with Crippen molar-refractivity contribution in [2.75, 3.05) is 5.75 Å². The Hall–Kier alpha value is -0.710. The number of hydrogen-bond acceptors (Lipinski definition) is 5. The van der Waals surface area contributed by atoms with E-state index in [1.165, 1.54) is 0 Å². The summed E-state index contributed by atoms with van der Waals surface area (Å²) in [6.45, 7) is 0. The van der Waals surface area contributed by atoms with E-state index in [2.05, 4.69) is 0 Å². The van der Waals surface area contributed by atoms with E-state index in [4.69, 9.17) is 22.5 Å². The molecule has 0 aliphatic carbocycles. The molecule has 1 aliphatic heterocycles. The quantitative estimate of drug-likeness (QED) is 0.498. The minimum absolute atomic E-state index is 0.0243. The standard InChI is InChI=1S/C4H5N3O4S3/c5-3(9)7(14(10)11)6-2(8)1-13-4(6)12/h1H2,(H2,5,9)(H,10,11). The lowest BCUT2D eigenvalue weighted by molar-refractivity contribution is -0.128. The van der Waals surface area contributed by atoms with E-state index in [0.29, 0.717) is 5.01 Å². The van der Waals surface area contributed by atoms with E-state index in [0.717, 1.165) is 11.8 Å². The number of carbonyl (C=O) groups excluding carboxylic acids is 2. The first-order valence-electron chi connectivity index (χ1n) is 3.15. The second-order valence-corrected chi connectivity index (χ2v) is 4.52. The van der Waals surface area contributed by atoms with Gasteiger partial charge in [-0.25, -0.2) is 9.00 Å². The number of amides is 3. The summed E-state index contributed by atoms with van der Waals surface area (Å²) in [7, 11) is 0. The van der Waals surface area contributed by atoms with Gasteiger partial charge in [0.1, 0.15) is 0 Å². The van der Waals surface area contributed by atoms with Crippen LogP contribution in [0.25, 0.3) is 0 Å². The Labute approximate surface area is 91.0 Å². The Kier molecular flexibility index (Phi) is 3.42. The molecule has 10 heteroatoms. The number of nitrogens with zero attached hydrogens (tertiary/aromatic N) is 2. The van der Waals surface area contributed by atoms with E-state index in [1.807, 2.05) is 0 Å². The number of hydrogen-bond donors (Lipinski definition) is 2. The molecule has 0 radical (unpaired) electrons. The Morgan fingerprint density at radius 3 is 2.64 bits per heavy atom. The molecule has 1 heterocycles. The normalized spacial score (nSPS) is 18.5. The number of rotatable bonds is 2. The molecular formula is C4H5N3O4S3. The number of thioether (sulfide) groups is 1. The molecule has 0 aromatic heterocycles. The van der Waals surface area contributed by atoms with Crippen LogP contribution in [0.4, 0.5) is 4.79 Å². The first-order valence-corrected chi connectivity index (χ1v) is 5.61. The van der Waals surface area contributed by atoms with Crippen LogP contribution in [0.2, 0.25) is 0 Å². The molecule has 78 valence electrons. The molecule has 3 amide bonds. The lowest BCUT2D eigenvalue weighted by Gasteiger charge is -2.24. The molecule has 1 fully saturated rings. The fourth-order valence-electron chi connectivity index (χ4n) is 0.768. The monoisotopic (exact) mass is 255 g/mol. The maximum Gasteiger partial charge on any atom is 0.348 e. The van der Waals surface area contributed by atoms with Gasteiger partial charge in [-0.05, 0) is 0 Å². The van der Waals surface area contributed by atoms with Crippen LogP contribution in [0.15, 0.2) is 0 Å². The van der Waals surface area contributed by atoms with Crippen LogP contribution >= 0.6 is 24.0 Å². The maximum absolute atomic E-state index is 11.2. The molecule has 0 aromatic rings. The van der Waals surface area contributed by atoms with E-state index in [9.17, 15) is 13.8 Å². The molecule has 1 saturated heterocycles. The number of thiocarbonyl (C=S) groups is 1. The average Bonchev–Trinajstić information content (AvgIpc) is 2.34. The molecule has 1 aliphatic rings. The Morgan fingerprint density at radius 2 is 2.36 bits per heavy atom. The Balaban J connectivity index is 2.98. The smallest absolute Gasteiger partial charge is 0.348 e. The van der Waals surface area contributed by atoms with Crippen molar-refractivity contribution in [3.63, 3.8) is 0 Å². The highest BCUT2D eigenvalue weighted by atomic mass is 32.2. The molecule has 7 nitrogen and oxygen atoms in total. The van der Waals surface area contributed by atoms with Crippen molar-refractivity contribution in [2.24, 2.45) is 5.73 Å². The zero-order valence-electron chi connectivity index (χ0n) is 6.58. The van der Waals surface area contributed by atoms with Crippen molar-refractivity contribution >= 4 is 51.5 Å². The van der Waals surface area contributed by atoms with Crippen molar-refractivity contribution in [1.29, 1.82) is 0 Å². The van der Waals surface area contributed by atoms with Crippen molar-refractivity contribution in [3.05, 3.63) is 0 Å². The molecule has 14 heavy (non-hydrogen) atoms. The van der Waals surface area contributed by atoms with E-state index in [1.54, 1.807) is 0 Å². The third-order valence-corrected chi connectivity index (χ3v) is 3.22. The van der Waals surface area contributed by atoms with Crippen molar-refractivity contribution in [3.8, 4) is 0 Å². The lowest BCUT2D eigenvalue weighted by Crippen LogP contribution is -2.51. The summed E-state index contributed by atoms with van der Waals surface area (Å²) in [5, 5.41) is 0.623. The van der Waals surface area contributed by atoms with Gasteiger partial charge in [-0.1, -0.05) is 24.0 Å². The van der Waals surface area contributed by atoms with Crippen molar-refractivity contribution in [1.82, 2.24) is 9.42 Å². The summed E-state index contributed by atoms with van der Waals surface area (Å²) in [5.41, 5.74) is 4.81. The molecule has 0 aromatic carbocycles. The summed E-state index contributed by atoms with van der Waals surface area (Å²) in [5.74, 6) is -0.527. The highest BCUT2D eigenvalue weighted by molar-refractivity contribution is 8.24. The van der Waals surface area contributed by atoms with Crippen LogP contribution in [0.1, 0.15) is 0 Å². The molecule has 1 atom stereocenters. The Morgan fingerprint density at radius 1 is 1.79 bits per heavy atom. The zero-order valence-corrected chi connectivity index (χ0v) is 9.03. The number of hydrazine groups is 1. The SMILES string of the molecule is NC(=O)N(N1C(=O)CSC1=S)S(=O)O. The predicted molar refractivity (Wildman–Crippen MR) is 54.1 cm³/mol. The first kappa shape index (κ1) is 11.4. The second kappa shape index (κ2) is 4.21. The number of carbonyl (C=O) groups is 2. The predicted octanol–water partition coefficient (Wildman–Crippen LogP) is -0.721. The van der Waals surface area contributed by atoms with Crippen LogP contribution in [0, 0.1) is 0 Å². The van der Waals surface area contributed by atoms with Gasteiger partial charge in [0.2, 0.25) is 0 Å². The largest absolute Gasteiger partial charge is 0.349 e. The Bertz CT molecular complexity index is 302. The maximum atomic E-state index is 11.2. The lowest BCUT2D eigenvalue weighted by atomic mass is 10.7. The molecule has 3 N–H and O–H groups in total. The topological polar surface area (TPSA) is 104 Å². The van der Waals surface area contributed by atoms with Crippen LogP contribution < -0.4 is 5.73 Å². The van der Waals surface area contributed by atoms with Crippen molar-refractivity contribution in [2.45, 2.75) is 0 Å². The van der Waals surface area contributed by atoms with Crippen LogP contribution in [-0.4, -0.2) is 40.2 Å². The van der Waals surface area contributed by atoms with Crippen LogP contribution in [-0.2, 0) is 16.1 Å². The molecule has 0 saturated carbocycles. The summed E-state index contributed by atoms with van der Waals surface area (Å²) in [4.78, 5) is 21.9. The first-order chi connectivity index (χ1) is 6.45. The fourth-order valence-corrected chi connectivity index (χ4v) is 2.37. The van der Waals surface area contributed by atoms with Gasteiger partial charge in [0.05, 0.1) is 5.75 Å². The fraction of sp³-hybridized carbons (Fsp3) is 0.250. The molecule has 1 rings (SSSR count). The van der Waals surface area contributed by atoms with Crippen molar-refractivity contribution < 1.29 is 18.4 Å². The van der Waals surface area contributed by atoms with Gasteiger partial charge in [0.25, 0.3) is 17.2 Å². The highest BCUT2D eigenvalue weighted by Crippen LogP contribution is 2.21. The van der Waals surface area contributed by atoms with Gasteiger partial charge in [-0.15, -0.1) is 4.41 Å². The summed E-state index contributed by atoms with van der Waals surface area (Å²) in [6.07, 6.45) is 0. The minimum Gasteiger partial charge on any atom is -0.349 e. The van der Waals surface area contributed by atoms with Gasteiger partial charge in [-0.3, -0.25) is 9.35 Å². The van der Waals surface area contributed by atoms with Gasteiger partial charge in [-0.2, -0.15) is 5.01 Å². The number of primary amides is 1. The van der Waals surface area contributed by atoms with Crippen LogP contribution in [0.3, 0.4) is 0 Å². The third kappa shape index (κ3) is 2.03.